The number of carboxylic acids is 6. The quantitative estimate of drug-likeness (QED) is 0.0551. The molecule has 0 amide bonds. The fourth-order valence-corrected chi connectivity index (χ4v) is 2.41. The zero-order chi connectivity index (χ0) is 27.1. The van der Waals surface area contributed by atoms with Crippen molar-refractivity contribution < 1.29 is 78.6 Å². The number of hydrogen-bond donors (Lipinski definition) is 9. The summed E-state index contributed by atoms with van der Waals surface area (Å²) < 4.78 is -1.07. The van der Waals surface area contributed by atoms with Crippen LogP contribution in [0.5, 0.6) is 0 Å². The molecule has 0 aromatic heterocycles. The Morgan fingerprint density at radius 1 is 0.706 bits per heavy atom. The van der Waals surface area contributed by atoms with Gasteiger partial charge in [-0.05, 0) is 0 Å². The minimum absolute atomic E-state index is 0.149. The molecule has 0 aliphatic heterocycles. The van der Waals surface area contributed by atoms with Gasteiger partial charge in [0.1, 0.15) is 0 Å². The summed E-state index contributed by atoms with van der Waals surface area (Å²) >= 11 is 0. The van der Waals surface area contributed by atoms with Crippen LogP contribution in [-0.4, -0.2) is 127 Å². The predicted molar refractivity (Wildman–Crippen MR) is 103 cm³/mol. The van der Waals surface area contributed by atoms with E-state index in [1.54, 1.807) is 0 Å². The molecule has 0 spiro atoms. The second-order valence-corrected chi connectivity index (χ2v) is 6.79. The van der Waals surface area contributed by atoms with Crippen LogP contribution < -0.4 is 11.2 Å². The van der Waals surface area contributed by atoms with Crippen LogP contribution >= 0.6 is 0 Å². The normalized spacial score (nSPS) is 12.3. The van der Waals surface area contributed by atoms with E-state index in [9.17, 15) is 38.7 Å². The molecule has 0 heterocycles. The van der Waals surface area contributed by atoms with Crippen molar-refractivity contribution in [2.24, 2.45) is 5.73 Å². The molecule has 18 heteroatoms. The fraction of sp³-hybridized carbons (Fsp3) is 0.562. The molecule has 0 aliphatic carbocycles. The van der Waals surface area contributed by atoms with Crippen LogP contribution in [0, 0.1) is 0 Å². The number of aliphatic carboxylic acids is 6. The Labute approximate surface area is 190 Å². The number of nitrogens with one attached hydrogen (secondary N) is 1. The first-order valence-electron chi connectivity index (χ1n) is 9.01. The van der Waals surface area contributed by atoms with E-state index in [-0.39, 0.29) is 13.1 Å². The zero-order valence-corrected chi connectivity index (χ0v) is 17.6. The third-order valence-corrected chi connectivity index (χ3v) is 3.59. The number of nitrogens with zero attached hydrogens (tertiary/aromatic N) is 1. The second kappa shape index (κ2) is 15.1. The average Bonchev–Trinajstić information content (AvgIpc) is 2.58. The molecule has 0 saturated carbocycles. The smallest absolute Gasteiger partial charge is 0.359 e. The minimum Gasteiger partial charge on any atom is -0.481 e. The van der Waals surface area contributed by atoms with Gasteiger partial charge in [-0.1, -0.05) is 0 Å². The lowest BCUT2D eigenvalue weighted by atomic mass is 9.96. The Balaban J connectivity index is 0. The molecule has 0 radical (unpaired) electrons. The number of aliphatic hydroxyl groups is 1. The van der Waals surface area contributed by atoms with Gasteiger partial charge in [0, 0.05) is 13.1 Å². The number of carboxylic acid groups (broad SMARTS) is 6. The number of hydrogen-bond acceptors (Lipinski definition) is 11. The van der Waals surface area contributed by atoms with Crippen molar-refractivity contribution in [3.8, 4) is 0 Å². The summed E-state index contributed by atoms with van der Waals surface area (Å²) in [5.41, 5.74) is 4.52. The van der Waals surface area contributed by atoms with E-state index < -0.39 is 90.9 Å². The van der Waals surface area contributed by atoms with Crippen LogP contribution in [0.15, 0.2) is 0 Å². The Morgan fingerprint density at radius 2 is 1.09 bits per heavy atom. The Bertz CT molecular complexity index is 714. The molecule has 194 valence electrons. The van der Waals surface area contributed by atoms with Gasteiger partial charge in [0.2, 0.25) is 0 Å². The van der Waals surface area contributed by atoms with Crippen LogP contribution in [-0.2, 0) is 38.4 Å². The van der Waals surface area contributed by atoms with Gasteiger partial charge in [-0.15, -0.1) is 0 Å². The van der Waals surface area contributed by atoms with Gasteiger partial charge in [-0.25, -0.2) is 24.0 Å². The highest BCUT2D eigenvalue weighted by atomic mass is 16.7. The molecule has 0 aromatic rings. The molecule has 1 unspecified atom stereocenters. The molecule has 0 fully saturated rings. The molecule has 18 nitrogen and oxygen atoms in total. The first-order valence-corrected chi connectivity index (χ1v) is 9.01. The zero-order valence-electron chi connectivity index (χ0n) is 17.6. The highest BCUT2D eigenvalue weighted by Crippen LogP contribution is 2.16. The van der Waals surface area contributed by atoms with E-state index in [1.807, 2.05) is 0 Å². The number of quaternary nitrogens is 1. The summed E-state index contributed by atoms with van der Waals surface area (Å²) in [5, 5.41) is 60.9. The predicted octanol–water partition coefficient (Wildman–Crippen LogP) is -4.18. The molecule has 1 atom stereocenters. The number of rotatable bonds is 16. The summed E-state index contributed by atoms with van der Waals surface area (Å²) in [5.74, 6) is -10.3. The number of carbonyl (C=O) groups excluding carboxylic acids is 1. The SMILES string of the molecule is NCCNOC(=O)CC(O)(CC(=O)O)C(=O)O.O=C(O)C[N+](CC(=O)O)(CC(=O)O)CC(=O)O. The lowest BCUT2D eigenvalue weighted by Crippen LogP contribution is -2.58. The Morgan fingerprint density at radius 3 is 1.35 bits per heavy atom. The van der Waals surface area contributed by atoms with E-state index >= 15 is 0 Å². The lowest BCUT2D eigenvalue weighted by molar-refractivity contribution is -0.900. The summed E-state index contributed by atoms with van der Waals surface area (Å²) in [6.45, 7) is -3.20. The van der Waals surface area contributed by atoms with Gasteiger partial charge >= 0.3 is 41.8 Å². The third kappa shape index (κ3) is 15.0. The average molecular weight is 500 g/mol. The molecule has 10 N–H and O–H groups in total. The van der Waals surface area contributed by atoms with Crippen molar-refractivity contribution >= 4 is 41.8 Å². The first kappa shape index (κ1) is 32.3. The summed E-state index contributed by atoms with van der Waals surface area (Å²) in [6, 6.07) is 0. The third-order valence-electron chi connectivity index (χ3n) is 3.59. The maximum absolute atomic E-state index is 11.1. The van der Waals surface area contributed by atoms with E-state index in [4.69, 9.17) is 36.4 Å². The van der Waals surface area contributed by atoms with Crippen molar-refractivity contribution in [3.63, 3.8) is 0 Å². The van der Waals surface area contributed by atoms with Gasteiger partial charge in [0.05, 0.1) is 12.8 Å². The Hall–Kier alpha value is -3.87. The molecule has 0 aliphatic rings. The minimum atomic E-state index is -2.69. The van der Waals surface area contributed by atoms with Crippen LogP contribution in [0.25, 0.3) is 0 Å². The highest BCUT2D eigenvalue weighted by molar-refractivity contribution is 5.88. The van der Waals surface area contributed by atoms with E-state index in [0.717, 1.165) is 0 Å². The Kier molecular flexibility index (Phi) is 14.3. The van der Waals surface area contributed by atoms with Crippen molar-refractivity contribution in [3.05, 3.63) is 0 Å². The second-order valence-electron chi connectivity index (χ2n) is 6.79. The van der Waals surface area contributed by atoms with Gasteiger partial charge in [-0.3, -0.25) is 14.1 Å². The summed E-state index contributed by atoms with van der Waals surface area (Å²) in [6.07, 6.45) is -2.08. The highest BCUT2D eigenvalue weighted by Gasteiger charge is 2.41. The number of nitrogens with two attached hydrogens (primary N) is 1. The number of hydroxylamine groups is 1. The monoisotopic (exact) mass is 500 g/mol. The fourth-order valence-electron chi connectivity index (χ4n) is 2.41. The standard InChI is InChI=1S/C8H14N2O7.C8H11NO8/c9-1-2-10-17-6(13)4-8(16,7(14)15)3-5(11)12;10-5(11)1-9(2-6(12)13,3-7(14)15)4-8(16)17/h10,16H,1-4,9H2,(H,11,12)(H,14,15);1-4H2,(H3-,10,11,12,13,14,15,16,17)/p+1. The van der Waals surface area contributed by atoms with Gasteiger partial charge in [0.25, 0.3) is 0 Å². The van der Waals surface area contributed by atoms with Crippen molar-refractivity contribution in [1.29, 1.82) is 0 Å². The van der Waals surface area contributed by atoms with Crippen LogP contribution in [0.2, 0.25) is 0 Å². The molecular formula is C16H26N3O15+. The van der Waals surface area contributed by atoms with Gasteiger partial charge < -0.3 is 46.3 Å². The van der Waals surface area contributed by atoms with E-state index in [0.29, 0.717) is 0 Å². The topological polar surface area (TPSA) is 308 Å². The molecule has 34 heavy (non-hydrogen) atoms. The number of carbonyl (C=O) groups is 7. The largest absolute Gasteiger partial charge is 0.481 e. The molecule has 0 saturated heterocycles. The first-order chi connectivity index (χ1) is 15.5. The molecular weight excluding hydrogens is 474 g/mol. The van der Waals surface area contributed by atoms with Crippen LogP contribution in [0.1, 0.15) is 12.8 Å². The van der Waals surface area contributed by atoms with Crippen molar-refractivity contribution in [1.82, 2.24) is 5.48 Å². The van der Waals surface area contributed by atoms with Crippen molar-refractivity contribution in [2.75, 3.05) is 39.3 Å². The van der Waals surface area contributed by atoms with Gasteiger partial charge in [0.15, 0.2) is 31.8 Å². The summed E-state index contributed by atoms with van der Waals surface area (Å²) in [4.78, 5) is 78.7. The molecule has 0 rings (SSSR count). The van der Waals surface area contributed by atoms with Crippen molar-refractivity contribution in [2.45, 2.75) is 18.4 Å². The summed E-state index contributed by atoms with van der Waals surface area (Å²) in [7, 11) is 0. The van der Waals surface area contributed by atoms with E-state index in [2.05, 4.69) is 10.3 Å². The molecule has 0 aromatic carbocycles. The van der Waals surface area contributed by atoms with E-state index in [1.165, 1.54) is 0 Å². The lowest BCUT2D eigenvalue weighted by Gasteiger charge is -2.32. The maximum Gasteiger partial charge on any atom is 0.359 e. The van der Waals surface area contributed by atoms with Crippen LogP contribution in [0.4, 0.5) is 0 Å². The molecule has 0 bridgehead atoms. The maximum atomic E-state index is 11.1. The van der Waals surface area contributed by atoms with Gasteiger partial charge in [-0.2, -0.15) is 5.48 Å². The van der Waals surface area contributed by atoms with Crippen LogP contribution in [0.3, 0.4) is 0 Å².